The van der Waals surface area contributed by atoms with Crippen molar-refractivity contribution in [2.24, 2.45) is 0 Å². The van der Waals surface area contributed by atoms with E-state index in [1.165, 1.54) is 22.6 Å². The summed E-state index contributed by atoms with van der Waals surface area (Å²) in [5.74, 6) is 0.324. The van der Waals surface area contributed by atoms with Crippen molar-refractivity contribution in [3.05, 3.63) is 36.0 Å². The predicted octanol–water partition coefficient (Wildman–Crippen LogP) is 1.65. The number of hydrogen-bond acceptors (Lipinski definition) is 10. The van der Waals surface area contributed by atoms with E-state index in [4.69, 9.17) is 9.84 Å². The van der Waals surface area contributed by atoms with Crippen LogP contribution in [0.15, 0.2) is 35.4 Å². The van der Waals surface area contributed by atoms with E-state index in [1.807, 2.05) is 0 Å². The smallest absolute Gasteiger partial charge is 0.260 e. The largest absolute Gasteiger partial charge is 0.396 e. The van der Waals surface area contributed by atoms with Crippen LogP contribution in [0.5, 0.6) is 0 Å². The molecule has 0 bridgehead atoms. The highest BCUT2D eigenvalue weighted by molar-refractivity contribution is 7.89. The number of sulfonamides is 1. The number of benzene rings is 1. The Hall–Kier alpha value is -2.84. The minimum Gasteiger partial charge on any atom is -0.396 e. The third-order valence-corrected chi connectivity index (χ3v) is 8.57. The molecule has 0 spiro atoms. The summed E-state index contributed by atoms with van der Waals surface area (Å²) in [4.78, 5) is 22.2. The van der Waals surface area contributed by atoms with E-state index in [1.54, 1.807) is 12.1 Å². The van der Waals surface area contributed by atoms with E-state index >= 15 is 0 Å². The number of aliphatic hydroxyl groups is 2. The fourth-order valence-electron chi connectivity index (χ4n) is 4.44. The van der Waals surface area contributed by atoms with Crippen LogP contribution in [-0.4, -0.2) is 90.4 Å². The van der Waals surface area contributed by atoms with Crippen molar-refractivity contribution in [1.29, 1.82) is 0 Å². The molecule has 2 heterocycles. The molecule has 4 rings (SSSR count). The minimum atomic E-state index is -3.63. The number of hydrogen-bond donors (Lipinski definition) is 5. The highest BCUT2D eigenvalue weighted by atomic mass is 32.2. The Morgan fingerprint density at radius 2 is 1.79 bits per heavy atom. The van der Waals surface area contributed by atoms with E-state index in [2.05, 4.69) is 25.9 Å². The van der Waals surface area contributed by atoms with Crippen LogP contribution in [0.3, 0.4) is 0 Å². The first-order chi connectivity index (χ1) is 18.4. The summed E-state index contributed by atoms with van der Waals surface area (Å²) in [6.45, 7) is 2.04. The molecule has 1 amide bonds. The predicted molar refractivity (Wildman–Crippen MR) is 143 cm³/mol. The Kier molecular flexibility index (Phi) is 9.86. The first-order valence-electron chi connectivity index (χ1n) is 13.0. The van der Waals surface area contributed by atoms with Crippen LogP contribution in [-0.2, 0) is 14.8 Å². The normalized spacial score (nSPS) is 20.6. The van der Waals surface area contributed by atoms with Gasteiger partial charge in [-0.15, -0.1) is 0 Å². The average Bonchev–Trinajstić information content (AvgIpc) is 2.93. The molecular weight excluding hydrogens is 512 g/mol. The summed E-state index contributed by atoms with van der Waals surface area (Å²) in [7, 11) is -3.63. The van der Waals surface area contributed by atoms with Crippen LogP contribution in [0, 0.1) is 0 Å². The topological polar surface area (TPSA) is 166 Å². The van der Waals surface area contributed by atoms with Crippen molar-refractivity contribution in [2.75, 3.05) is 55.4 Å². The number of unbranched alkanes of at least 4 members (excludes halogenated alkanes) is 1. The number of rotatable bonds is 11. The molecule has 2 fully saturated rings. The molecule has 38 heavy (non-hydrogen) atoms. The Bertz CT molecular complexity index is 1170. The Balaban J connectivity index is 1.47. The maximum absolute atomic E-state index is 13.2. The fraction of sp³-hybridized carbons (Fsp3) is 0.560. The Morgan fingerprint density at radius 1 is 1.08 bits per heavy atom. The maximum Gasteiger partial charge on any atom is 0.260 e. The van der Waals surface area contributed by atoms with Crippen molar-refractivity contribution < 1.29 is 28.2 Å². The molecule has 12 nitrogen and oxygen atoms in total. The van der Waals surface area contributed by atoms with Gasteiger partial charge in [0.1, 0.15) is 11.4 Å². The molecule has 1 aromatic heterocycles. The molecule has 208 valence electrons. The summed E-state index contributed by atoms with van der Waals surface area (Å²) >= 11 is 0. The highest BCUT2D eigenvalue weighted by Gasteiger charge is 2.26. The van der Waals surface area contributed by atoms with Gasteiger partial charge in [0.2, 0.25) is 16.0 Å². The highest BCUT2D eigenvalue weighted by Crippen LogP contribution is 2.25. The van der Waals surface area contributed by atoms with E-state index in [-0.39, 0.29) is 29.2 Å². The summed E-state index contributed by atoms with van der Waals surface area (Å²) < 4.78 is 32.4. The van der Waals surface area contributed by atoms with Gasteiger partial charge in [0.15, 0.2) is 0 Å². The van der Waals surface area contributed by atoms with Crippen LogP contribution < -0.4 is 16.0 Å². The summed E-state index contributed by atoms with van der Waals surface area (Å²) in [6.07, 6.45) is 5.42. The van der Waals surface area contributed by atoms with E-state index in [0.29, 0.717) is 69.6 Å². The summed E-state index contributed by atoms with van der Waals surface area (Å²) in [5.41, 5.74) is 0.691. The van der Waals surface area contributed by atoms with Gasteiger partial charge in [-0.25, -0.2) is 13.4 Å². The van der Waals surface area contributed by atoms with Gasteiger partial charge in [-0.1, -0.05) is 0 Å². The zero-order valence-electron chi connectivity index (χ0n) is 21.3. The molecule has 1 saturated carbocycles. The number of nitrogens with zero attached hydrogens (tertiary/aromatic N) is 3. The zero-order valence-corrected chi connectivity index (χ0v) is 22.1. The second-order valence-electron chi connectivity index (χ2n) is 9.46. The van der Waals surface area contributed by atoms with Gasteiger partial charge in [0.25, 0.3) is 5.91 Å². The standard InChI is InChI=1S/C25H36N6O6S/c32-14-2-1-11-26-25-27-17-22(23(30-25)28-18-3-7-20(33)8-4-18)24(34)29-19-5-9-21(10-6-19)38(35,36)31-12-15-37-16-13-31/h5-6,9-10,17-18,20,32-33H,1-4,7-8,11-16H2,(H,29,34)(H2,26,27,28,30)/t18-,20-. The van der Waals surface area contributed by atoms with Crippen LogP contribution in [0.1, 0.15) is 48.9 Å². The second kappa shape index (κ2) is 13.3. The molecule has 1 aliphatic heterocycles. The molecule has 2 aromatic rings. The van der Waals surface area contributed by atoms with Gasteiger partial charge >= 0.3 is 0 Å². The molecule has 0 radical (unpaired) electrons. The number of morpholine rings is 1. The molecule has 13 heteroatoms. The number of carbonyl (C=O) groups is 1. The van der Waals surface area contributed by atoms with Crippen molar-refractivity contribution in [1.82, 2.24) is 14.3 Å². The molecule has 5 N–H and O–H groups in total. The van der Waals surface area contributed by atoms with Crippen LogP contribution in [0.25, 0.3) is 0 Å². The number of nitrogens with one attached hydrogen (secondary N) is 3. The molecule has 1 aromatic carbocycles. The molecule has 1 saturated heterocycles. The number of carbonyl (C=O) groups excluding carboxylic acids is 1. The lowest BCUT2D eigenvalue weighted by Crippen LogP contribution is -2.40. The van der Waals surface area contributed by atoms with Crippen molar-refractivity contribution in [3.8, 4) is 0 Å². The monoisotopic (exact) mass is 548 g/mol. The van der Waals surface area contributed by atoms with Crippen LogP contribution in [0.4, 0.5) is 17.5 Å². The van der Waals surface area contributed by atoms with Crippen LogP contribution in [0.2, 0.25) is 0 Å². The average molecular weight is 549 g/mol. The molecule has 0 atom stereocenters. The lowest BCUT2D eigenvalue weighted by Gasteiger charge is -2.27. The van der Waals surface area contributed by atoms with Crippen molar-refractivity contribution >= 4 is 33.4 Å². The van der Waals surface area contributed by atoms with Gasteiger partial charge < -0.3 is 30.9 Å². The lowest BCUT2D eigenvalue weighted by molar-refractivity contribution is 0.0730. The van der Waals surface area contributed by atoms with Gasteiger partial charge in [-0.3, -0.25) is 4.79 Å². The molecule has 0 unspecified atom stereocenters. The van der Waals surface area contributed by atoms with Crippen molar-refractivity contribution in [3.63, 3.8) is 0 Å². The second-order valence-corrected chi connectivity index (χ2v) is 11.4. The SMILES string of the molecule is O=C(Nc1ccc(S(=O)(=O)N2CCOCC2)cc1)c1cnc(NCCCCO)nc1N[C@H]1CC[C@H](O)CC1. The lowest BCUT2D eigenvalue weighted by atomic mass is 9.93. The van der Waals surface area contributed by atoms with Crippen LogP contribution >= 0.6 is 0 Å². The van der Waals surface area contributed by atoms with E-state index in [0.717, 1.165) is 19.3 Å². The first-order valence-corrected chi connectivity index (χ1v) is 14.5. The number of aliphatic hydroxyl groups excluding tert-OH is 2. The van der Waals surface area contributed by atoms with Crippen molar-refractivity contribution in [2.45, 2.75) is 55.6 Å². The number of anilines is 3. The number of amides is 1. The van der Waals surface area contributed by atoms with Gasteiger partial charge in [0, 0.05) is 44.2 Å². The summed E-state index contributed by atoms with van der Waals surface area (Å²) in [6, 6.07) is 6.12. The maximum atomic E-state index is 13.2. The van der Waals surface area contributed by atoms with Gasteiger partial charge in [-0.2, -0.15) is 9.29 Å². The zero-order chi connectivity index (χ0) is 27.0. The minimum absolute atomic E-state index is 0.0618. The molecule has 1 aliphatic carbocycles. The third-order valence-electron chi connectivity index (χ3n) is 6.66. The molecule has 2 aliphatic rings. The Labute approximate surface area is 222 Å². The van der Waals surface area contributed by atoms with E-state index in [9.17, 15) is 18.3 Å². The number of aromatic nitrogens is 2. The quantitative estimate of drug-likeness (QED) is 0.261. The third kappa shape index (κ3) is 7.38. The fourth-order valence-corrected chi connectivity index (χ4v) is 5.85. The Morgan fingerprint density at radius 3 is 2.47 bits per heavy atom. The van der Waals surface area contributed by atoms with E-state index < -0.39 is 15.9 Å². The van der Waals surface area contributed by atoms with Gasteiger partial charge in [-0.05, 0) is 62.8 Å². The summed E-state index contributed by atoms with van der Waals surface area (Å²) in [5, 5.41) is 28.1. The number of ether oxygens (including phenoxy) is 1. The van der Waals surface area contributed by atoms with Gasteiger partial charge in [0.05, 0.1) is 24.2 Å². The molecular formula is C25H36N6O6S. The first kappa shape index (κ1) is 28.2.